The van der Waals surface area contributed by atoms with Gasteiger partial charge < -0.3 is 15.5 Å². The van der Waals surface area contributed by atoms with Crippen LogP contribution in [0.1, 0.15) is 43.2 Å². The van der Waals surface area contributed by atoms with Gasteiger partial charge in [0.1, 0.15) is 0 Å². The lowest BCUT2D eigenvalue weighted by Gasteiger charge is -2.41. The SMILES string of the molecule is NC(=O)C1(c2ccccc2)CCN(CCC2(c3ccc(Cl)c(Cl)c3)CCN(C(=O)C3(C(F)(F)F)C=C(C(F)(F)F)C=CC3)C2)CC1. The second-order valence-electron chi connectivity index (χ2n) is 12.5. The van der Waals surface area contributed by atoms with Gasteiger partial charge in [0, 0.05) is 18.5 Å². The summed E-state index contributed by atoms with van der Waals surface area (Å²) in [7, 11) is 0. The summed E-state index contributed by atoms with van der Waals surface area (Å²) in [6.45, 7) is 1.31. The third-order valence-electron chi connectivity index (χ3n) is 9.94. The van der Waals surface area contributed by atoms with Crippen molar-refractivity contribution in [1.82, 2.24) is 9.80 Å². The number of rotatable bonds is 7. The molecule has 0 saturated carbocycles. The van der Waals surface area contributed by atoms with Crippen molar-refractivity contribution < 1.29 is 35.9 Å². The highest BCUT2D eigenvalue weighted by Gasteiger charge is 2.62. The molecule has 2 N–H and O–H groups in total. The molecule has 2 atom stereocenters. The number of carbonyl (C=O) groups is 2. The van der Waals surface area contributed by atoms with E-state index < -0.39 is 52.4 Å². The van der Waals surface area contributed by atoms with Crippen LogP contribution in [0.25, 0.3) is 0 Å². The predicted octanol–water partition coefficient (Wildman–Crippen LogP) is 7.37. The molecule has 0 radical (unpaired) electrons. The number of likely N-dealkylation sites (tertiary alicyclic amines) is 2. The van der Waals surface area contributed by atoms with E-state index in [9.17, 15) is 35.9 Å². The number of allylic oxidation sites excluding steroid dienone is 3. The molecular formula is C33H33Cl2F6N3O2. The van der Waals surface area contributed by atoms with Gasteiger partial charge in [-0.1, -0.05) is 71.8 Å². The Morgan fingerprint density at radius 1 is 0.870 bits per heavy atom. The topological polar surface area (TPSA) is 66.6 Å². The van der Waals surface area contributed by atoms with Crippen LogP contribution in [0.15, 0.2) is 72.3 Å². The van der Waals surface area contributed by atoms with Crippen LogP contribution in [-0.2, 0) is 20.4 Å². The van der Waals surface area contributed by atoms with Gasteiger partial charge in [0.05, 0.1) is 21.0 Å². The summed E-state index contributed by atoms with van der Waals surface area (Å²) in [5.74, 6) is -1.82. The van der Waals surface area contributed by atoms with Crippen molar-refractivity contribution in [3.63, 3.8) is 0 Å². The first kappa shape index (κ1) is 34.3. The Kier molecular flexibility index (Phi) is 9.36. The molecule has 2 saturated heterocycles. The summed E-state index contributed by atoms with van der Waals surface area (Å²) in [6.07, 6.45) is -8.26. The number of carbonyl (C=O) groups excluding carboxylic acids is 2. The van der Waals surface area contributed by atoms with Gasteiger partial charge in [0.15, 0.2) is 5.41 Å². The molecule has 2 amide bonds. The lowest BCUT2D eigenvalue weighted by molar-refractivity contribution is -0.213. The van der Waals surface area contributed by atoms with Crippen LogP contribution in [0.5, 0.6) is 0 Å². The standard InChI is InChI=1S/C33H33Cl2F6N3O2/c34-25-9-8-23(19-26(25)35)29(11-15-43-16-13-30(14-17-43,27(42)45)22-5-2-1-3-6-22)12-18-44(21-29)28(46)31(33(39,40)41)10-4-7-24(20-31)32(36,37)38/h1-9,19-20H,10-18,21H2,(H2,42,45). The van der Waals surface area contributed by atoms with Crippen LogP contribution in [-0.4, -0.2) is 66.7 Å². The summed E-state index contributed by atoms with van der Waals surface area (Å²) in [6, 6.07) is 14.3. The number of benzene rings is 2. The molecule has 3 aliphatic rings. The molecule has 5 nitrogen and oxygen atoms in total. The van der Waals surface area contributed by atoms with E-state index in [2.05, 4.69) is 4.90 Å². The molecule has 248 valence electrons. The third-order valence-corrected chi connectivity index (χ3v) is 10.7. The number of alkyl halides is 6. The second kappa shape index (κ2) is 12.5. The zero-order valence-electron chi connectivity index (χ0n) is 24.7. The lowest BCUT2D eigenvalue weighted by Crippen LogP contribution is -2.52. The van der Waals surface area contributed by atoms with Crippen molar-refractivity contribution >= 4 is 35.0 Å². The van der Waals surface area contributed by atoms with Gasteiger partial charge >= 0.3 is 12.4 Å². The number of amides is 2. The van der Waals surface area contributed by atoms with E-state index in [4.69, 9.17) is 28.9 Å². The minimum atomic E-state index is -5.26. The molecule has 5 rings (SSSR count). The maximum Gasteiger partial charge on any atom is 0.416 e. The first-order chi connectivity index (χ1) is 21.5. The highest BCUT2D eigenvalue weighted by atomic mass is 35.5. The molecular weight excluding hydrogens is 655 g/mol. The fourth-order valence-electron chi connectivity index (χ4n) is 7.09. The Hall–Kier alpha value is -3.02. The summed E-state index contributed by atoms with van der Waals surface area (Å²) in [5.41, 5.74) is 0.875. The van der Waals surface area contributed by atoms with Crippen LogP contribution in [0.3, 0.4) is 0 Å². The minimum Gasteiger partial charge on any atom is -0.369 e. The van der Waals surface area contributed by atoms with Crippen LogP contribution < -0.4 is 5.73 Å². The molecule has 2 aromatic rings. The molecule has 2 unspecified atom stereocenters. The fraction of sp³-hybridized carbons (Fsp3) is 0.455. The smallest absolute Gasteiger partial charge is 0.369 e. The van der Waals surface area contributed by atoms with Crippen molar-refractivity contribution in [3.8, 4) is 0 Å². The Bertz CT molecular complexity index is 1540. The molecule has 0 bridgehead atoms. The van der Waals surface area contributed by atoms with Crippen molar-refractivity contribution in [2.45, 2.75) is 55.3 Å². The van der Waals surface area contributed by atoms with Crippen LogP contribution in [0.2, 0.25) is 10.0 Å². The number of primary amides is 1. The summed E-state index contributed by atoms with van der Waals surface area (Å²) in [4.78, 5) is 29.5. The molecule has 0 spiro atoms. The first-order valence-electron chi connectivity index (χ1n) is 14.9. The Labute approximate surface area is 273 Å². The predicted molar refractivity (Wildman–Crippen MR) is 163 cm³/mol. The first-order valence-corrected chi connectivity index (χ1v) is 15.6. The Balaban J connectivity index is 1.40. The summed E-state index contributed by atoms with van der Waals surface area (Å²) >= 11 is 12.5. The fourth-order valence-corrected chi connectivity index (χ4v) is 7.39. The minimum absolute atomic E-state index is 0.0277. The van der Waals surface area contributed by atoms with Crippen molar-refractivity contribution in [3.05, 3.63) is 93.5 Å². The third kappa shape index (κ3) is 6.30. The Morgan fingerprint density at radius 3 is 2.13 bits per heavy atom. The Morgan fingerprint density at radius 2 is 1.54 bits per heavy atom. The van der Waals surface area contributed by atoms with Gasteiger partial charge in [-0.15, -0.1) is 0 Å². The van der Waals surface area contributed by atoms with E-state index in [0.717, 1.165) is 16.5 Å². The molecule has 46 heavy (non-hydrogen) atoms. The zero-order valence-corrected chi connectivity index (χ0v) is 26.2. The average Bonchev–Trinajstić information content (AvgIpc) is 3.46. The lowest BCUT2D eigenvalue weighted by atomic mass is 9.71. The summed E-state index contributed by atoms with van der Waals surface area (Å²) < 4.78 is 84.2. The highest BCUT2D eigenvalue weighted by molar-refractivity contribution is 6.42. The maximum absolute atomic E-state index is 14.5. The molecule has 2 fully saturated rings. The normalized spacial score (nSPS) is 25.4. The number of nitrogens with two attached hydrogens (primary N) is 1. The quantitative estimate of drug-likeness (QED) is 0.309. The number of piperidine rings is 1. The number of halogens is 8. The van der Waals surface area contributed by atoms with Crippen molar-refractivity contribution in [2.75, 3.05) is 32.7 Å². The van der Waals surface area contributed by atoms with E-state index in [1.165, 1.54) is 0 Å². The van der Waals surface area contributed by atoms with Gasteiger partial charge in [-0.05, 0) is 81.1 Å². The molecule has 2 aromatic carbocycles. The highest BCUT2D eigenvalue weighted by Crippen LogP contribution is 2.51. The van der Waals surface area contributed by atoms with Gasteiger partial charge in [-0.25, -0.2) is 0 Å². The summed E-state index contributed by atoms with van der Waals surface area (Å²) in [5, 5.41) is 0.512. The molecule has 2 heterocycles. The van der Waals surface area contributed by atoms with Crippen LogP contribution >= 0.6 is 23.2 Å². The van der Waals surface area contributed by atoms with Crippen molar-refractivity contribution in [2.24, 2.45) is 11.1 Å². The van der Waals surface area contributed by atoms with Crippen molar-refractivity contribution in [1.29, 1.82) is 0 Å². The molecule has 13 heteroatoms. The number of nitrogens with zero attached hydrogens (tertiary/aromatic N) is 2. The molecule has 1 aliphatic carbocycles. The van der Waals surface area contributed by atoms with Gasteiger partial charge in [0.2, 0.25) is 11.8 Å². The number of hydrogen-bond acceptors (Lipinski definition) is 3. The van der Waals surface area contributed by atoms with Gasteiger partial charge in [-0.2, -0.15) is 26.3 Å². The van der Waals surface area contributed by atoms with E-state index >= 15 is 0 Å². The monoisotopic (exact) mass is 687 g/mol. The molecule has 2 aliphatic heterocycles. The maximum atomic E-state index is 14.5. The van der Waals surface area contributed by atoms with E-state index in [1.807, 2.05) is 30.3 Å². The van der Waals surface area contributed by atoms with E-state index in [1.54, 1.807) is 18.2 Å². The molecule has 0 aromatic heterocycles. The van der Waals surface area contributed by atoms with Crippen LogP contribution in [0, 0.1) is 5.41 Å². The van der Waals surface area contributed by atoms with E-state index in [-0.39, 0.29) is 35.6 Å². The van der Waals surface area contributed by atoms with E-state index in [0.29, 0.717) is 50.5 Å². The van der Waals surface area contributed by atoms with Crippen LogP contribution in [0.4, 0.5) is 26.3 Å². The number of hydrogen-bond donors (Lipinski definition) is 1. The second-order valence-corrected chi connectivity index (χ2v) is 13.3. The van der Waals surface area contributed by atoms with Gasteiger partial charge in [0.25, 0.3) is 0 Å². The average molecular weight is 689 g/mol. The largest absolute Gasteiger partial charge is 0.416 e. The van der Waals surface area contributed by atoms with Gasteiger partial charge in [-0.3, -0.25) is 9.59 Å². The zero-order chi connectivity index (χ0) is 33.5.